The molecule has 2 atom stereocenters. The lowest BCUT2D eigenvalue weighted by Gasteiger charge is -2.54. The molecule has 8 heteroatoms. The van der Waals surface area contributed by atoms with Gasteiger partial charge in [0.2, 0.25) is 0 Å². The van der Waals surface area contributed by atoms with Crippen LogP contribution < -0.4 is 0 Å². The summed E-state index contributed by atoms with van der Waals surface area (Å²) in [5.74, 6) is 0.809. The normalized spacial score (nSPS) is 24.9. The zero-order chi connectivity index (χ0) is 20.4. The highest BCUT2D eigenvalue weighted by atomic mass is 35.5. The molecule has 0 heterocycles. The molecule has 4 nitrogen and oxygen atoms in total. The van der Waals surface area contributed by atoms with Crippen molar-refractivity contribution in [3.05, 3.63) is 78.1 Å². The molecule has 3 aliphatic rings. The molecule has 0 saturated carbocycles. The first-order valence-corrected chi connectivity index (χ1v) is 9.79. The monoisotopic (exact) mass is 460 g/mol. The van der Waals surface area contributed by atoms with Gasteiger partial charge in [0.25, 0.3) is 0 Å². The average molecular weight is 462 g/mol. The number of hydrogen-bond acceptors (Lipinski definition) is 4. The molecule has 3 aliphatic carbocycles. The summed E-state index contributed by atoms with van der Waals surface area (Å²) in [6.45, 7) is 0. The predicted octanol–water partition coefficient (Wildman–Crippen LogP) is 5.91. The fourth-order valence-corrected chi connectivity index (χ4v) is 5.65. The van der Waals surface area contributed by atoms with Crippen LogP contribution in [-0.2, 0) is 30.1 Å². The van der Waals surface area contributed by atoms with Gasteiger partial charge in [-0.2, -0.15) is 0 Å². The highest BCUT2D eigenvalue weighted by Crippen LogP contribution is 2.66. The van der Waals surface area contributed by atoms with Gasteiger partial charge in [-0.3, -0.25) is 0 Å². The Hall–Kier alpha value is -1.14. The number of halogens is 4. The average Bonchev–Trinajstić information content (AvgIpc) is 2.74. The second-order valence-corrected chi connectivity index (χ2v) is 7.90. The molecule has 0 fully saturated rings. The molecule has 2 bridgehead atoms. The van der Waals surface area contributed by atoms with Crippen LogP contribution in [-0.4, -0.2) is 28.4 Å². The fourth-order valence-electron chi connectivity index (χ4n) is 4.53. The number of benzene rings is 2. The van der Waals surface area contributed by atoms with Gasteiger partial charge in [-0.25, -0.2) is 0 Å². The lowest BCUT2D eigenvalue weighted by Crippen LogP contribution is -2.54. The molecule has 0 aromatic heterocycles. The molecule has 0 radical (unpaired) electrons. The summed E-state index contributed by atoms with van der Waals surface area (Å²) in [5, 5.41) is 0.700. The first-order chi connectivity index (χ1) is 13.4. The van der Waals surface area contributed by atoms with Crippen molar-refractivity contribution in [3.63, 3.8) is 0 Å². The van der Waals surface area contributed by atoms with Gasteiger partial charge in [-0.05, 0) is 0 Å². The summed E-state index contributed by atoms with van der Waals surface area (Å²) >= 11 is 26.3. The van der Waals surface area contributed by atoms with Crippen molar-refractivity contribution < 1.29 is 18.9 Å². The van der Waals surface area contributed by atoms with E-state index in [1.54, 1.807) is 14.2 Å². The van der Waals surface area contributed by atoms with Gasteiger partial charge < -0.3 is 18.9 Å². The van der Waals surface area contributed by atoms with Gasteiger partial charge in [0.05, 0.1) is 34.3 Å². The van der Waals surface area contributed by atoms with Crippen molar-refractivity contribution in [2.75, 3.05) is 28.4 Å². The number of rotatable bonds is 4. The van der Waals surface area contributed by atoms with E-state index in [0.29, 0.717) is 22.6 Å². The molecular weight excluding hydrogens is 446 g/mol. The summed E-state index contributed by atoms with van der Waals surface area (Å²) < 4.78 is 23.8. The molecule has 0 spiro atoms. The maximum Gasteiger partial charge on any atom is 0.180 e. The van der Waals surface area contributed by atoms with E-state index in [2.05, 4.69) is 0 Å². The molecule has 28 heavy (non-hydrogen) atoms. The van der Waals surface area contributed by atoms with E-state index in [1.807, 2.05) is 24.3 Å². The molecular formula is C20H16Cl4O4. The Balaban J connectivity index is 2.35. The van der Waals surface area contributed by atoms with Gasteiger partial charge >= 0.3 is 0 Å². The number of methoxy groups -OCH3 is 4. The lowest BCUT2D eigenvalue weighted by molar-refractivity contribution is -0.0691. The second kappa shape index (κ2) is 6.69. The van der Waals surface area contributed by atoms with Crippen LogP contribution in [0, 0.1) is 0 Å². The first kappa shape index (κ1) is 20.1. The molecule has 2 unspecified atom stereocenters. The zero-order valence-electron chi connectivity index (χ0n) is 15.5. The van der Waals surface area contributed by atoms with Crippen molar-refractivity contribution in [3.8, 4) is 0 Å². The van der Waals surface area contributed by atoms with Gasteiger partial charge in [0.1, 0.15) is 0 Å². The van der Waals surface area contributed by atoms with Crippen LogP contribution in [0.4, 0.5) is 0 Å². The highest BCUT2D eigenvalue weighted by molar-refractivity contribution is 6.52. The Morgan fingerprint density at radius 1 is 0.607 bits per heavy atom. The van der Waals surface area contributed by atoms with Gasteiger partial charge in [0.15, 0.2) is 22.7 Å². The molecule has 0 aliphatic heterocycles. The molecule has 0 amide bonds. The van der Waals surface area contributed by atoms with Crippen LogP contribution in [0.2, 0.25) is 20.1 Å². The standard InChI is InChI=1S/C20H16Cl4O4/c1-25-17-18(26-2)20(28-4)10-8-6-5-7-9(10)19(17,27-3)11-12(20)14(22)16(24)15(23)13(11)21/h5-8H,1-4H3. The van der Waals surface area contributed by atoms with E-state index in [9.17, 15) is 0 Å². The lowest BCUT2D eigenvalue weighted by atomic mass is 9.60. The first-order valence-electron chi connectivity index (χ1n) is 8.28. The predicted molar refractivity (Wildman–Crippen MR) is 110 cm³/mol. The summed E-state index contributed by atoms with van der Waals surface area (Å²) in [6.07, 6.45) is 0. The van der Waals surface area contributed by atoms with Gasteiger partial charge in [0, 0.05) is 36.5 Å². The number of ether oxygens (including phenoxy) is 4. The molecule has 2 aromatic rings. The van der Waals surface area contributed by atoms with Crippen LogP contribution >= 0.6 is 46.4 Å². The van der Waals surface area contributed by atoms with E-state index in [-0.39, 0.29) is 20.1 Å². The Morgan fingerprint density at radius 3 is 1.25 bits per heavy atom. The Bertz CT molecular complexity index is 955. The third kappa shape index (κ3) is 2.01. The van der Waals surface area contributed by atoms with Crippen LogP contribution in [0.1, 0.15) is 22.3 Å². The molecule has 148 valence electrons. The Labute approximate surface area is 182 Å². The largest absolute Gasteiger partial charge is 0.494 e. The topological polar surface area (TPSA) is 36.9 Å². The maximum absolute atomic E-state index is 6.72. The number of hydrogen-bond donors (Lipinski definition) is 0. The van der Waals surface area contributed by atoms with E-state index < -0.39 is 11.2 Å². The van der Waals surface area contributed by atoms with Crippen molar-refractivity contribution in [2.24, 2.45) is 0 Å². The quantitative estimate of drug-likeness (QED) is 0.418. The van der Waals surface area contributed by atoms with Crippen molar-refractivity contribution in [1.29, 1.82) is 0 Å². The zero-order valence-corrected chi connectivity index (χ0v) is 18.5. The van der Waals surface area contributed by atoms with E-state index in [0.717, 1.165) is 11.1 Å². The van der Waals surface area contributed by atoms with Crippen LogP contribution in [0.3, 0.4) is 0 Å². The highest BCUT2D eigenvalue weighted by Gasteiger charge is 2.65. The van der Waals surface area contributed by atoms with Crippen molar-refractivity contribution in [1.82, 2.24) is 0 Å². The molecule has 0 N–H and O–H groups in total. The summed E-state index contributed by atoms with van der Waals surface area (Å²) in [5.41, 5.74) is 0.160. The second-order valence-electron chi connectivity index (χ2n) is 6.39. The van der Waals surface area contributed by atoms with Crippen LogP contribution in [0.5, 0.6) is 0 Å². The van der Waals surface area contributed by atoms with E-state index in [4.69, 9.17) is 65.4 Å². The minimum Gasteiger partial charge on any atom is -0.494 e. The van der Waals surface area contributed by atoms with Crippen LogP contribution in [0.15, 0.2) is 35.8 Å². The third-order valence-electron chi connectivity index (χ3n) is 5.52. The van der Waals surface area contributed by atoms with Gasteiger partial charge in [-0.1, -0.05) is 70.7 Å². The smallest absolute Gasteiger partial charge is 0.180 e. The molecule has 2 aromatic carbocycles. The summed E-state index contributed by atoms with van der Waals surface area (Å²) in [7, 11) is 6.19. The van der Waals surface area contributed by atoms with Crippen LogP contribution in [0.25, 0.3) is 0 Å². The summed E-state index contributed by atoms with van der Waals surface area (Å²) in [6, 6.07) is 7.65. The molecule has 5 rings (SSSR count). The van der Waals surface area contributed by atoms with Crippen molar-refractivity contribution >= 4 is 46.4 Å². The van der Waals surface area contributed by atoms with Crippen molar-refractivity contribution in [2.45, 2.75) is 11.2 Å². The minimum atomic E-state index is -1.23. The SMILES string of the molecule is COC1=C(OC)C2(OC)c3ccccc3C1(OC)c1c(Cl)c(Cl)c(Cl)c(Cl)c12. The third-order valence-corrected chi connectivity index (χ3v) is 7.33. The Morgan fingerprint density at radius 2 is 0.964 bits per heavy atom. The Kier molecular flexibility index (Phi) is 4.82. The van der Waals surface area contributed by atoms with E-state index in [1.165, 1.54) is 14.2 Å². The molecule has 0 saturated heterocycles. The van der Waals surface area contributed by atoms with Gasteiger partial charge in [-0.15, -0.1) is 0 Å². The maximum atomic E-state index is 6.72. The summed E-state index contributed by atoms with van der Waals surface area (Å²) in [4.78, 5) is 0. The fraction of sp³-hybridized carbons (Fsp3) is 0.300. The van der Waals surface area contributed by atoms with E-state index >= 15 is 0 Å². The minimum absolute atomic E-state index is 0.134.